The summed E-state index contributed by atoms with van der Waals surface area (Å²) < 4.78 is 0. The van der Waals surface area contributed by atoms with Crippen molar-refractivity contribution >= 4 is 0 Å². The van der Waals surface area contributed by atoms with Crippen LogP contribution in [0.15, 0.2) is 24.0 Å². The predicted octanol–water partition coefficient (Wildman–Crippen LogP) is 1.77. The second-order valence-corrected chi connectivity index (χ2v) is 3.01. The molecule has 1 heterocycles. The molecule has 0 aromatic carbocycles. The van der Waals surface area contributed by atoms with Crippen LogP contribution >= 0.6 is 0 Å². The van der Waals surface area contributed by atoms with Gasteiger partial charge in [-0.05, 0) is 12.6 Å². The summed E-state index contributed by atoms with van der Waals surface area (Å²) >= 11 is 0. The molecule has 0 bridgehead atoms. The van der Waals surface area contributed by atoms with Crippen LogP contribution in [0.3, 0.4) is 0 Å². The second kappa shape index (κ2) is 4.33. The average Bonchev–Trinajstić information content (AvgIpc) is 2.16. The van der Waals surface area contributed by atoms with E-state index in [4.69, 9.17) is 10.5 Å². The van der Waals surface area contributed by atoms with Gasteiger partial charge in [0.05, 0.1) is 17.7 Å². The van der Waals surface area contributed by atoms with Gasteiger partial charge in [0.25, 0.3) is 0 Å². The zero-order valence-corrected chi connectivity index (χ0v) is 7.57. The molecule has 0 amide bonds. The number of nitriles is 2. The highest BCUT2D eigenvalue weighted by Crippen LogP contribution is 2.22. The molecule has 3 heteroatoms. The molecule has 13 heavy (non-hydrogen) atoms. The summed E-state index contributed by atoms with van der Waals surface area (Å²) in [6.07, 6.45) is 6.93. The summed E-state index contributed by atoms with van der Waals surface area (Å²) in [6, 6.07) is 4.24. The van der Waals surface area contributed by atoms with Gasteiger partial charge in [-0.3, -0.25) is 0 Å². The zero-order valence-electron chi connectivity index (χ0n) is 7.57. The molecule has 1 rings (SSSR count). The van der Waals surface area contributed by atoms with Crippen molar-refractivity contribution in [1.29, 1.82) is 10.5 Å². The van der Waals surface area contributed by atoms with Crippen LogP contribution in [-0.4, -0.2) is 11.9 Å². The van der Waals surface area contributed by atoms with E-state index in [-0.39, 0.29) is 5.92 Å². The van der Waals surface area contributed by atoms with Crippen molar-refractivity contribution in [1.82, 2.24) is 4.90 Å². The van der Waals surface area contributed by atoms with Crippen LogP contribution in [0.2, 0.25) is 0 Å². The third-order valence-electron chi connectivity index (χ3n) is 1.99. The predicted molar refractivity (Wildman–Crippen MR) is 48.9 cm³/mol. The van der Waals surface area contributed by atoms with E-state index in [0.717, 1.165) is 12.0 Å². The van der Waals surface area contributed by atoms with E-state index >= 15 is 0 Å². The number of hydrogen-bond acceptors (Lipinski definition) is 3. The topological polar surface area (TPSA) is 50.8 Å². The second-order valence-electron chi connectivity index (χ2n) is 3.01. The van der Waals surface area contributed by atoms with Crippen molar-refractivity contribution in [3.05, 3.63) is 24.0 Å². The summed E-state index contributed by atoms with van der Waals surface area (Å²) in [5, 5.41) is 17.2. The molecule has 0 spiro atoms. The van der Waals surface area contributed by atoms with Gasteiger partial charge in [-0.25, -0.2) is 0 Å². The highest BCUT2D eigenvalue weighted by atomic mass is 15.1. The molecule has 0 fully saturated rings. The molecule has 1 unspecified atom stereocenters. The first-order valence-corrected chi connectivity index (χ1v) is 4.17. The van der Waals surface area contributed by atoms with Crippen LogP contribution in [0.25, 0.3) is 0 Å². The largest absolute Gasteiger partial charge is 0.357 e. The highest BCUT2D eigenvalue weighted by Gasteiger charge is 2.14. The van der Waals surface area contributed by atoms with Crippen molar-refractivity contribution in [2.45, 2.75) is 12.8 Å². The SMILES string of the molecule is CN1C=CC(CCC#N)C(C#N)=C1. The normalized spacial score (nSPS) is 20.4. The van der Waals surface area contributed by atoms with E-state index in [9.17, 15) is 0 Å². The fraction of sp³-hybridized carbons (Fsp3) is 0.400. The Morgan fingerprint density at radius 1 is 1.54 bits per heavy atom. The van der Waals surface area contributed by atoms with E-state index in [0.29, 0.717) is 6.42 Å². The summed E-state index contributed by atoms with van der Waals surface area (Å²) in [4.78, 5) is 1.85. The fourth-order valence-electron chi connectivity index (χ4n) is 1.29. The minimum absolute atomic E-state index is 0.126. The van der Waals surface area contributed by atoms with E-state index in [1.165, 1.54) is 0 Å². The Labute approximate surface area is 78.2 Å². The number of allylic oxidation sites excluding steroid dienone is 2. The lowest BCUT2D eigenvalue weighted by Crippen LogP contribution is -2.12. The summed E-state index contributed by atoms with van der Waals surface area (Å²) in [7, 11) is 1.88. The van der Waals surface area contributed by atoms with Gasteiger partial charge >= 0.3 is 0 Å². The van der Waals surface area contributed by atoms with Crippen LogP contribution in [0.4, 0.5) is 0 Å². The minimum Gasteiger partial charge on any atom is -0.357 e. The maximum atomic E-state index is 8.82. The van der Waals surface area contributed by atoms with Gasteiger partial charge in [0, 0.05) is 25.6 Å². The third-order valence-corrected chi connectivity index (χ3v) is 1.99. The van der Waals surface area contributed by atoms with Gasteiger partial charge in [-0.2, -0.15) is 10.5 Å². The van der Waals surface area contributed by atoms with Crippen LogP contribution in [0, 0.1) is 28.6 Å². The number of hydrogen-bond donors (Lipinski definition) is 0. The first-order valence-electron chi connectivity index (χ1n) is 4.17. The summed E-state index contributed by atoms with van der Waals surface area (Å²) in [6.45, 7) is 0. The van der Waals surface area contributed by atoms with E-state index in [2.05, 4.69) is 12.1 Å². The van der Waals surface area contributed by atoms with Crippen molar-refractivity contribution in [2.75, 3.05) is 7.05 Å². The molecule has 66 valence electrons. The molecule has 0 aliphatic carbocycles. The third kappa shape index (κ3) is 2.35. The monoisotopic (exact) mass is 173 g/mol. The molecule has 0 saturated carbocycles. The van der Waals surface area contributed by atoms with Crippen molar-refractivity contribution < 1.29 is 0 Å². The smallest absolute Gasteiger partial charge is 0.0968 e. The lowest BCUT2D eigenvalue weighted by molar-refractivity contribution is 0.564. The van der Waals surface area contributed by atoms with Gasteiger partial charge in [0.15, 0.2) is 0 Å². The van der Waals surface area contributed by atoms with Crippen LogP contribution in [0.1, 0.15) is 12.8 Å². The Bertz CT molecular complexity index is 314. The number of nitrogens with zero attached hydrogens (tertiary/aromatic N) is 3. The molecule has 1 atom stereocenters. The Balaban J connectivity index is 2.66. The summed E-state index contributed by atoms with van der Waals surface area (Å²) in [5.41, 5.74) is 0.736. The molecule has 0 N–H and O–H groups in total. The minimum atomic E-state index is 0.126. The quantitative estimate of drug-likeness (QED) is 0.639. The lowest BCUT2D eigenvalue weighted by Gasteiger charge is -2.19. The molecule has 0 aromatic heterocycles. The van der Waals surface area contributed by atoms with Gasteiger partial charge in [0.2, 0.25) is 0 Å². The van der Waals surface area contributed by atoms with Crippen molar-refractivity contribution in [3.8, 4) is 12.1 Å². The molecule has 3 nitrogen and oxygen atoms in total. The Morgan fingerprint density at radius 2 is 2.31 bits per heavy atom. The van der Waals surface area contributed by atoms with E-state index in [1.807, 2.05) is 30.4 Å². The molecule has 1 aliphatic rings. The zero-order chi connectivity index (χ0) is 9.68. The van der Waals surface area contributed by atoms with Crippen molar-refractivity contribution in [2.24, 2.45) is 5.92 Å². The summed E-state index contributed by atoms with van der Waals surface area (Å²) in [5.74, 6) is 0.126. The maximum absolute atomic E-state index is 8.82. The molecule has 1 aliphatic heterocycles. The Hall–Kier alpha value is -1.74. The van der Waals surface area contributed by atoms with Crippen LogP contribution < -0.4 is 0 Å². The van der Waals surface area contributed by atoms with Crippen molar-refractivity contribution in [3.63, 3.8) is 0 Å². The molecule has 0 saturated heterocycles. The fourth-order valence-corrected chi connectivity index (χ4v) is 1.29. The van der Waals surface area contributed by atoms with Gasteiger partial charge in [0.1, 0.15) is 0 Å². The van der Waals surface area contributed by atoms with Gasteiger partial charge < -0.3 is 4.90 Å². The van der Waals surface area contributed by atoms with E-state index in [1.54, 1.807) is 0 Å². The van der Waals surface area contributed by atoms with Crippen LogP contribution in [-0.2, 0) is 0 Å². The van der Waals surface area contributed by atoms with Gasteiger partial charge in [-0.1, -0.05) is 6.08 Å². The Morgan fingerprint density at radius 3 is 2.92 bits per heavy atom. The Kier molecular flexibility index (Phi) is 3.11. The molecular weight excluding hydrogens is 162 g/mol. The van der Waals surface area contributed by atoms with E-state index < -0.39 is 0 Å². The first-order chi connectivity index (χ1) is 6.27. The van der Waals surface area contributed by atoms with Gasteiger partial charge in [-0.15, -0.1) is 0 Å². The maximum Gasteiger partial charge on any atom is 0.0968 e. The molecular formula is C10H11N3. The lowest BCUT2D eigenvalue weighted by atomic mass is 9.94. The standard InChI is InChI=1S/C10H11N3/c1-13-6-4-9(3-2-5-11)10(7-12)8-13/h4,6,8-9H,2-3H2,1H3. The highest BCUT2D eigenvalue weighted by molar-refractivity contribution is 5.30. The number of rotatable bonds is 2. The molecule has 0 aromatic rings. The molecule has 0 radical (unpaired) electrons. The average molecular weight is 173 g/mol. The van der Waals surface area contributed by atoms with Crippen LogP contribution in [0.5, 0.6) is 0 Å². The first kappa shape index (κ1) is 9.35.